The van der Waals surface area contributed by atoms with Gasteiger partial charge < -0.3 is 9.47 Å². The van der Waals surface area contributed by atoms with Gasteiger partial charge in [0.15, 0.2) is 20.8 Å². The van der Waals surface area contributed by atoms with Crippen molar-refractivity contribution in [3.8, 4) is 11.4 Å². The number of halogens is 1. The predicted molar refractivity (Wildman–Crippen MR) is 111 cm³/mol. The molecule has 1 aliphatic rings. The summed E-state index contributed by atoms with van der Waals surface area (Å²) in [7, 11) is -1.42. The minimum atomic E-state index is -3.06. The van der Waals surface area contributed by atoms with E-state index in [-0.39, 0.29) is 40.9 Å². The van der Waals surface area contributed by atoms with E-state index >= 15 is 0 Å². The van der Waals surface area contributed by atoms with Crippen LogP contribution in [0.25, 0.3) is 11.4 Å². The van der Waals surface area contributed by atoms with E-state index in [2.05, 4.69) is 10.2 Å². The van der Waals surface area contributed by atoms with Gasteiger partial charge in [-0.1, -0.05) is 37.7 Å². The summed E-state index contributed by atoms with van der Waals surface area (Å²) >= 11 is 1.23. The highest BCUT2D eigenvalue weighted by Gasteiger charge is 2.32. The number of carbonyl (C=O) groups excluding carboxylic acids is 1. The topological polar surface area (TPSA) is 85.2 Å². The summed E-state index contributed by atoms with van der Waals surface area (Å²) in [4.78, 5) is 14.1. The SMILES string of the molecule is CC(C)Cn1c(SCC(=O)N(C)C2CCS(=O)(=O)C2)nnc1-c1ccccc1F. The Morgan fingerprint density at radius 1 is 1.34 bits per heavy atom. The molecule has 1 atom stereocenters. The van der Waals surface area contributed by atoms with E-state index in [4.69, 9.17) is 0 Å². The Morgan fingerprint density at radius 2 is 2.07 bits per heavy atom. The molecular weight excluding hydrogens is 415 g/mol. The van der Waals surface area contributed by atoms with Crippen LogP contribution in [0.3, 0.4) is 0 Å². The zero-order valence-corrected chi connectivity index (χ0v) is 18.3. The first-order chi connectivity index (χ1) is 13.7. The van der Waals surface area contributed by atoms with Crippen LogP contribution in [-0.2, 0) is 21.2 Å². The van der Waals surface area contributed by atoms with Gasteiger partial charge in [0, 0.05) is 19.6 Å². The Morgan fingerprint density at radius 3 is 2.69 bits per heavy atom. The first-order valence-electron chi connectivity index (χ1n) is 9.45. The summed E-state index contributed by atoms with van der Waals surface area (Å²) in [6.07, 6.45) is 0.468. The van der Waals surface area contributed by atoms with Crippen LogP contribution in [0.1, 0.15) is 20.3 Å². The molecule has 10 heteroatoms. The molecule has 2 heterocycles. The van der Waals surface area contributed by atoms with Gasteiger partial charge in [0.1, 0.15) is 5.82 Å². The number of rotatable bonds is 7. The molecule has 0 bridgehead atoms. The lowest BCUT2D eigenvalue weighted by Gasteiger charge is -2.23. The average molecular weight is 441 g/mol. The molecule has 0 aliphatic carbocycles. The number of hydrogen-bond donors (Lipinski definition) is 0. The summed E-state index contributed by atoms with van der Waals surface area (Å²) in [5, 5.41) is 8.89. The van der Waals surface area contributed by atoms with Crippen molar-refractivity contribution in [2.45, 2.75) is 38.0 Å². The van der Waals surface area contributed by atoms with Crippen LogP contribution < -0.4 is 0 Å². The number of sulfone groups is 1. The molecule has 158 valence electrons. The highest BCUT2D eigenvalue weighted by Crippen LogP contribution is 2.27. The van der Waals surface area contributed by atoms with Crippen LogP contribution in [0.4, 0.5) is 4.39 Å². The molecule has 29 heavy (non-hydrogen) atoms. The maximum absolute atomic E-state index is 14.3. The largest absolute Gasteiger partial charge is 0.341 e. The van der Waals surface area contributed by atoms with Crippen LogP contribution in [0.5, 0.6) is 0 Å². The number of amides is 1. The molecule has 3 rings (SSSR count). The van der Waals surface area contributed by atoms with E-state index < -0.39 is 9.84 Å². The van der Waals surface area contributed by atoms with Crippen LogP contribution in [0, 0.1) is 11.7 Å². The standard InChI is InChI=1S/C19H25FN4O3S2/c1-13(2)10-24-18(15-6-4-5-7-16(15)20)21-22-19(24)28-11-17(25)23(3)14-8-9-29(26,27)12-14/h4-7,13-14H,8-12H2,1-3H3. The number of carbonyl (C=O) groups is 1. The van der Waals surface area contributed by atoms with Gasteiger partial charge in [0.25, 0.3) is 0 Å². The van der Waals surface area contributed by atoms with Gasteiger partial charge in [0.2, 0.25) is 5.91 Å². The third-order valence-corrected chi connectivity index (χ3v) is 7.56. The van der Waals surface area contributed by atoms with Crippen molar-refractivity contribution in [2.75, 3.05) is 24.3 Å². The van der Waals surface area contributed by atoms with Gasteiger partial charge >= 0.3 is 0 Å². The van der Waals surface area contributed by atoms with E-state index in [9.17, 15) is 17.6 Å². The molecule has 7 nitrogen and oxygen atoms in total. The van der Waals surface area contributed by atoms with Gasteiger partial charge in [-0.15, -0.1) is 10.2 Å². The minimum Gasteiger partial charge on any atom is -0.341 e. The minimum absolute atomic E-state index is 0.0148. The second kappa shape index (κ2) is 8.83. The molecule has 1 unspecified atom stereocenters. The zero-order chi connectivity index (χ0) is 21.2. The van der Waals surface area contributed by atoms with Crippen molar-refractivity contribution in [2.24, 2.45) is 5.92 Å². The zero-order valence-electron chi connectivity index (χ0n) is 16.7. The molecule has 1 saturated heterocycles. The lowest BCUT2D eigenvalue weighted by Crippen LogP contribution is -2.38. The first-order valence-corrected chi connectivity index (χ1v) is 12.3. The normalized spacial score (nSPS) is 18.3. The van der Waals surface area contributed by atoms with E-state index in [1.54, 1.807) is 25.2 Å². The van der Waals surface area contributed by atoms with Gasteiger partial charge in [-0.25, -0.2) is 12.8 Å². The van der Waals surface area contributed by atoms with Crippen molar-refractivity contribution in [3.63, 3.8) is 0 Å². The van der Waals surface area contributed by atoms with Gasteiger partial charge in [-0.2, -0.15) is 0 Å². The summed E-state index contributed by atoms with van der Waals surface area (Å²) in [5.74, 6) is 0.418. The van der Waals surface area contributed by atoms with Crippen LogP contribution in [-0.4, -0.2) is 64.3 Å². The van der Waals surface area contributed by atoms with Gasteiger partial charge in [0.05, 0.1) is 22.8 Å². The number of thioether (sulfide) groups is 1. The third kappa shape index (κ3) is 5.16. The van der Waals surface area contributed by atoms with E-state index in [1.165, 1.54) is 22.7 Å². The Hall–Kier alpha value is -1.94. The third-order valence-electron chi connectivity index (χ3n) is 4.85. The Kier molecular flexibility index (Phi) is 6.62. The molecule has 0 saturated carbocycles. The fourth-order valence-electron chi connectivity index (χ4n) is 3.28. The molecule has 2 aromatic rings. The van der Waals surface area contributed by atoms with Gasteiger partial charge in [-0.05, 0) is 24.5 Å². The Bertz CT molecular complexity index is 991. The summed E-state index contributed by atoms with van der Waals surface area (Å²) in [6.45, 7) is 4.67. The quantitative estimate of drug-likeness (QED) is 0.615. The lowest BCUT2D eigenvalue weighted by molar-refractivity contribution is -0.128. The average Bonchev–Trinajstić information content (AvgIpc) is 3.22. The van der Waals surface area contributed by atoms with E-state index in [0.29, 0.717) is 29.5 Å². The first kappa shape index (κ1) is 21.8. The lowest BCUT2D eigenvalue weighted by atomic mass is 10.2. The predicted octanol–water partition coefficient (Wildman–Crippen LogP) is 2.48. The van der Waals surface area contributed by atoms with Crippen LogP contribution >= 0.6 is 11.8 Å². The molecule has 1 aromatic heterocycles. The molecule has 1 fully saturated rings. The van der Waals surface area contributed by atoms with Gasteiger partial charge in [-0.3, -0.25) is 4.79 Å². The van der Waals surface area contributed by atoms with Crippen LogP contribution in [0.15, 0.2) is 29.4 Å². The molecule has 1 amide bonds. The summed E-state index contributed by atoms with van der Waals surface area (Å²) in [6, 6.07) is 6.12. The monoisotopic (exact) mass is 440 g/mol. The number of benzene rings is 1. The highest BCUT2D eigenvalue weighted by molar-refractivity contribution is 7.99. The molecule has 1 aliphatic heterocycles. The maximum Gasteiger partial charge on any atom is 0.233 e. The fourth-order valence-corrected chi connectivity index (χ4v) is 5.93. The van der Waals surface area contributed by atoms with Crippen molar-refractivity contribution in [3.05, 3.63) is 30.1 Å². The molecule has 0 radical (unpaired) electrons. The number of hydrogen-bond acceptors (Lipinski definition) is 6. The Labute approximate surface area is 174 Å². The molecule has 1 aromatic carbocycles. The van der Waals surface area contributed by atoms with Crippen molar-refractivity contribution >= 4 is 27.5 Å². The van der Waals surface area contributed by atoms with Crippen molar-refractivity contribution in [1.29, 1.82) is 0 Å². The summed E-state index contributed by atoms with van der Waals surface area (Å²) < 4.78 is 39.4. The number of nitrogens with zero attached hydrogens (tertiary/aromatic N) is 4. The summed E-state index contributed by atoms with van der Waals surface area (Å²) in [5.41, 5.74) is 0.368. The second-order valence-corrected chi connectivity index (χ2v) is 10.8. The van der Waals surface area contributed by atoms with Crippen LogP contribution in [0.2, 0.25) is 0 Å². The van der Waals surface area contributed by atoms with Crippen molar-refractivity contribution in [1.82, 2.24) is 19.7 Å². The Balaban J connectivity index is 1.75. The molecule has 0 spiro atoms. The second-order valence-electron chi connectivity index (χ2n) is 7.64. The highest BCUT2D eigenvalue weighted by atomic mass is 32.2. The molecule has 0 N–H and O–H groups in total. The number of aromatic nitrogens is 3. The smallest absolute Gasteiger partial charge is 0.233 e. The molecular formula is C19H25FN4O3S2. The fraction of sp³-hybridized carbons (Fsp3) is 0.526. The van der Waals surface area contributed by atoms with E-state index in [0.717, 1.165) is 0 Å². The maximum atomic E-state index is 14.3. The van der Waals surface area contributed by atoms with Crippen molar-refractivity contribution < 1.29 is 17.6 Å². The van der Waals surface area contributed by atoms with E-state index in [1.807, 2.05) is 18.4 Å².